The van der Waals surface area contributed by atoms with Gasteiger partial charge in [-0.25, -0.2) is 0 Å². The maximum atomic E-state index is 11.7. The van der Waals surface area contributed by atoms with Crippen molar-refractivity contribution in [3.63, 3.8) is 0 Å². The molecule has 1 fully saturated rings. The number of rotatable bonds is 3. The minimum Gasteiger partial charge on any atom is -0.495 e. The maximum absolute atomic E-state index is 11.7. The molecule has 0 bridgehead atoms. The lowest BCUT2D eigenvalue weighted by atomic mass is 9.78. The van der Waals surface area contributed by atoms with Crippen LogP contribution >= 0.6 is 15.9 Å². The normalized spacial score (nSPS) is 17.7. The van der Waals surface area contributed by atoms with E-state index in [1.165, 1.54) is 0 Å². The number of methoxy groups -OCH3 is 1. The van der Waals surface area contributed by atoms with Gasteiger partial charge in [-0.1, -0.05) is 25.0 Å². The van der Waals surface area contributed by atoms with Crippen molar-refractivity contribution in [3.8, 4) is 5.75 Å². The lowest BCUT2D eigenvalue weighted by molar-refractivity contribution is -0.143. The average molecular weight is 313 g/mol. The van der Waals surface area contributed by atoms with E-state index in [0.29, 0.717) is 12.8 Å². The Bertz CT molecular complexity index is 476. The molecule has 4 heteroatoms. The summed E-state index contributed by atoms with van der Waals surface area (Å²) in [4.78, 5) is 11.7. The van der Waals surface area contributed by atoms with E-state index in [2.05, 4.69) is 15.9 Å². The Labute approximate surface area is 115 Å². The van der Waals surface area contributed by atoms with Gasteiger partial charge in [0.15, 0.2) is 0 Å². The van der Waals surface area contributed by atoms with Crippen LogP contribution in [0.5, 0.6) is 5.75 Å². The number of aryl methyl sites for hydroxylation is 1. The molecular formula is C14H17BrO3. The monoisotopic (exact) mass is 312 g/mol. The first-order chi connectivity index (χ1) is 8.53. The summed E-state index contributed by atoms with van der Waals surface area (Å²) < 4.78 is 6.15. The highest BCUT2D eigenvalue weighted by atomic mass is 79.9. The van der Waals surface area contributed by atoms with E-state index in [-0.39, 0.29) is 0 Å². The summed E-state index contributed by atoms with van der Waals surface area (Å²) in [6.45, 7) is 1.95. The molecule has 0 radical (unpaired) electrons. The zero-order chi connectivity index (χ0) is 13.3. The van der Waals surface area contributed by atoms with Gasteiger partial charge >= 0.3 is 5.97 Å². The molecule has 1 saturated carbocycles. The van der Waals surface area contributed by atoms with Gasteiger partial charge in [0, 0.05) is 0 Å². The minimum atomic E-state index is -0.750. The summed E-state index contributed by atoms with van der Waals surface area (Å²) in [6.07, 6.45) is 3.34. The van der Waals surface area contributed by atoms with Gasteiger partial charge < -0.3 is 9.84 Å². The number of aliphatic carboxylic acids is 1. The summed E-state index contributed by atoms with van der Waals surface area (Å²) in [7, 11) is 1.61. The van der Waals surface area contributed by atoms with Gasteiger partial charge in [-0.05, 0) is 46.8 Å². The molecule has 0 spiro atoms. The van der Waals surface area contributed by atoms with E-state index >= 15 is 0 Å². The topological polar surface area (TPSA) is 46.5 Å². The van der Waals surface area contributed by atoms with E-state index < -0.39 is 11.4 Å². The van der Waals surface area contributed by atoms with Crippen LogP contribution in [0.2, 0.25) is 0 Å². The second-order valence-electron chi connectivity index (χ2n) is 4.87. The molecule has 0 aromatic heterocycles. The molecule has 0 aliphatic heterocycles. The first kappa shape index (κ1) is 13.4. The lowest BCUT2D eigenvalue weighted by Gasteiger charge is -2.26. The quantitative estimate of drug-likeness (QED) is 0.926. The third-order valence-corrected chi connectivity index (χ3v) is 4.67. The number of carbonyl (C=O) groups is 1. The Hall–Kier alpha value is -1.03. The Morgan fingerprint density at radius 2 is 2.00 bits per heavy atom. The van der Waals surface area contributed by atoms with E-state index in [1.807, 2.05) is 19.1 Å². The first-order valence-corrected chi connectivity index (χ1v) is 6.89. The number of halogens is 1. The molecule has 1 aromatic rings. The highest BCUT2D eigenvalue weighted by Crippen LogP contribution is 2.47. The van der Waals surface area contributed by atoms with Crippen LogP contribution in [0.25, 0.3) is 0 Å². The van der Waals surface area contributed by atoms with Gasteiger partial charge in [0.2, 0.25) is 0 Å². The van der Waals surface area contributed by atoms with Crippen LogP contribution in [-0.4, -0.2) is 18.2 Å². The molecule has 0 amide bonds. The van der Waals surface area contributed by atoms with Crippen molar-refractivity contribution in [2.45, 2.75) is 38.0 Å². The second-order valence-corrected chi connectivity index (χ2v) is 5.66. The Kier molecular flexibility index (Phi) is 3.66. The molecule has 0 unspecified atom stereocenters. The van der Waals surface area contributed by atoms with Crippen LogP contribution in [0.1, 0.15) is 36.8 Å². The van der Waals surface area contributed by atoms with Gasteiger partial charge in [-0.3, -0.25) is 4.79 Å². The van der Waals surface area contributed by atoms with Gasteiger partial charge in [-0.2, -0.15) is 0 Å². The zero-order valence-electron chi connectivity index (χ0n) is 10.6. The molecule has 1 aliphatic carbocycles. The molecule has 0 saturated heterocycles. The standard InChI is InChI=1S/C14H17BrO3/c1-9-5-6-10(11(15)12(9)18-2)14(13(16)17)7-3-4-8-14/h5-6H,3-4,7-8H2,1-2H3,(H,16,17). The van der Waals surface area contributed by atoms with Crippen LogP contribution in [0.3, 0.4) is 0 Å². The van der Waals surface area contributed by atoms with Crippen LogP contribution in [0.4, 0.5) is 0 Å². The Morgan fingerprint density at radius 1 is 1.39 bits per heavy atom. The average Bonchev–Trinajstić information content (AvgIpc) is 2.80. The number of carboxylic acids is 1. The third-order valence-electron chi connectivity index (χ3n) is 3.88. The van der Waals surface area contributed by atoms with Crippen molar-refractivity contribution in [2.75, 3.05) is 7.11 Å². The van der Waals surface area contributed by atoms with Gasteiger partial charge in [0.25, 0.3) is 0 Å². The molecule has 2 rings (SSSR count). The van der Waals surface area contributed by atoms with Crippen molar-refractivity contribution in [1.82, 2.24) is 0 Å². The molecule has 98 valence electrons. The third kappa shape index (κ3) is 1.92. The fourth-order valence-corrected chi connectivity index (χ4v) is 3.84. The van der Waals surface area contributed by atoms with E-state index in [9.17, 15) is 9.90 Å². The fourth-order valence-electron chi connectivity index (χ4n) is 2.85. The molecule has 1 N–H and O–H groups in total. The van der Waals surface area contributed by atoms with Crippen molar-refractivity contribution < 1.29 is 14.6 Å². The number of benzene rings is 1. The molecule has 1 aromatic carbocycles. The second kappa shape index (κ2) is 4.92. The fraction of sp³-hybridized carbons (Fsp3) is 0.500. The predicted octanol–water partition coefficient (Wildman–Crippen LogP) is 3.66. The summed E-state index contributed by atoms with van der Waals surface area (Å²) in [5.74, 6) is 0.00614. The van der Waals surface area contributed by atoms with Crippen molar-refractivity contribution in [2.24, 2.45) is 0 Å². The summed E-state index contributed by atoms with van der Waals surface area (Å²) in [5.41, 5.74) is 1.10. The zero-order valence-corrected chi connectivity index (χ0v) is 12.2. The number of hydrogen-bond donors (Lipinski definition) is 1. The van der Waals surface area contributed by atoms with Crippen LogP contribution < -0.4 is 4.74 Å². The summed E-state index contributed by atoms with van der Waals surface area (Å²) >= 11 is 3.52. The number of ether oxygens (including phenoxy) is 1. The highest BCUT2D eigenvalue weighted by molar-refractivity contribution is 9.10. The molecule has 0 heterocycles. The molecule has 3 nitrogen and oxygen atoms in total. The smallest absolute Gasteiger partial charge is 0.314 e. The molecule has 1 aliphatic rings. The molecular weight excluding hydrogens is 296 g/mol. The Morgan fingerprint density at radius 3 is 2.50 bits per heavy atom. The highest BCUT2D eigenvalue weighted by Gasteiger charge is 2.44. The first-order valence-electron chi connectivity index (χ1n) is 6.10. The van der Waals surface area contributed by atoms with Crippen LogP contribution in [0.15, 0.2) is 16.6 Å². The molecule has 0 atom stereocenters. The van der Waals surface area contributed by atoms with Gasteiger partial charge in [-0.15, -0.1) is 0 Å². The van der Waals surface area contributed by atoms with Gasteiger partial charge in [0.1, 0.15) is 5.75 Å². The largest absolute Gasteiger partial charge is 0.495 e. The number of hydrogen-bond acceptors (Lipinski definition) is 2. The van der Waals surface area contributed by atoms with Crippen molar-refractivity contribution in [1.29, 1.82) is 0 Å². The summed E-state index contributed by atoms with van der Waals surface area (Å²) in [5, 5.41) is 9.61. The molecule has 18 heavy (non-hydrogen) atoms. The SMILES string of the molecule is COc1c(C)ccc(C2(C(=O)O)CCCC2)c1Br. The van der Waals surface area contributed by atoms with Gasteiger partial charge in [0.05, 0.1) is 17.0 Å². The Balaban J connectivity index is 2.59. The van der Waals surface area contributed by atoms with Crippen molar-refractivity contribution >= 4 is 21.9 Å². The van der Waals surface area contributed by atoms with Crippen molar-refractivity contribution in [3.05, 3.63) is 27.7 Å². The predicted molar refractivity (Wildman–Crippen MR) is 73.2 cm³/mol. The summed E-state index contributed by atoms with van der Waals surface area (Å²) in [6, 6.07) is 3.85. The minimum absolute atomic E-state index is 0.702. The van der Waals surface area contributed by atoms with Crippen LogP contribution in [-0.2, 0) is 10.2 Å². The maximum Gasteiger partial charge on any atom is 0.314 e. The van der Waals surface area contributed by atoms with E-state index in [0.717, 1.165) is 34.2 Å². The lowest BCUT2D eigenvalue weighted by Crippen LogP contribution is -2.33. The van der Waals surface area contributed by atoms with E-state index in [1.54, 1.807) is 7.11 Å². The number of carboxylic acid groups (broad SMARTS) is 1. The van der Waals surface area contributed by atoms with E-state index in [4.69, 9.17) is 4.74 Å². The van der Waals surface area contributed by atoms with Crippen LogP contribution in [0, 0.1) is 6.92 Å².